The number of nitrogens with zero attached hydrogens (tertiary/aromatic N) is 6. The number of benzene rings is 2. The van der Waals surface area contributed by atoms with Crippen LogP contribution in [-0.4, -0.2) is 63.4 Å². The third kappa shape index (κ3) is 6.35. The van der Waals surface area contributed by atoms with Crippen molar-refractivity contribution in [3.63, 3.8) is 0 Å². The molecule has 3 aromatic heterocycles. The number of amides is 1. The number of pyridine rings is 2. The van der Waals surface area contributed by atoms with Crippen molar-refractivity contribution in [2.45, 2.75) is 70.5 Å². The monoisotopic (exact) mass is 669 g/mol. The molecule has 0 saturated carbocycles. The molecule has 2 atom stereocenters. The Hall–Kier alpha value is -4.88. The van der Waals surface area contributed by atoms with Crippen LogP contribution in [-0.2, 0) is 27.9 Å². The topological polar surface area (TPSA) is 141 Å². The third-order valence-electron chi connectivity index (χ3n) is 8.89. The van der Waals surface area contributed by atoms with E-state index in [1.807, 2.05) is 52.0 Å². The predicted molar refractivity (Wildman–Crippen MR) is 182 cm³/mol. The molecule has 4 heterocycles. The van der Waals surface area contributed by atoms with Crippen LogP contribution in [0.5, 0.6) is 11.6 Å². The van der Waals surface area contributed by atoms with Gasteiger partial charge in [0.2, 0.25) is 21.8 Å². The Kier molecular flexibility index (Phi) is 9.42. The fourth-order valence-electron chi connectivity index (χ4n) is 6.20. The lowest BCUT2D eigenvalue weighted by Crippen LogP contribution is -2.36. The molecule has 0 spiro atoms. The summed E-state index contributed by atoms with van der Waals surface area (Å²) in [6, 6.07) is 14.6. The van der Waals surface area contributed by atoms with Gasteiger partial charge in [-0.25, -0.2) is 18.1 Å². The van der Waals surface area contributed by atoms with Crippen molar-refractivity contribution in [2.75, 3.05) is 19.0 Å². The van der Waals surface area contributed by atoms with Crippen molar-refractivity contribution < 1.29 is 22.7 Å². The summed E-state index contributed by atoms with van der Waals surface area (Å²) < 4.78 is 43.0. The van der Waals surface area contributed by atoms with Gasteiger partial charge < -0.3 is 14.8 Å². The molecule has 0 radical (unpaired) electrons. The minimum absolute atomic E-state index is 0.0517. The maximum Gasteiger partial charge on any atom is 0.248 e. The van der Waals surface area contributed by atoms with E-state index in [9.17, 15) is 13.2 Å². The van der Waals surface area contributed by atoms with Gasteiger partial charge in [-0.3, -0.25) is 9.78 Å². The second-order valence-corrected chi connectivity index (χ2v) is 13.8. The van der Waals surface area contributed by atoms with Crippen LogP contribution in [0.25, 0.3) is 11.0 Å². The van der Waals surface area contributed by atoms with Crippen molar-refractivity contribution in [3.8, 4) is 11.6 Å². The van der Waals surface area contributed by atoms with Gasteiger partial charge in [0.25, 0.3) is 0 Å². The average Bonchev–Trinajstić information content (AvgIpc) is 3.49. The molecule has 1 aliphatic rings. The molecular weight excluding hydrogens is 630 g/mol. The Bertz CT molecular complexity index is 2070. The zero-order chi connectivity index (χ0) is 34.0. The summed E-state index contributed by atoms with van der Waals surface area (Å²) in [5.41, 5.74) is 6.42. The van der Waals surface area contributed by atoms with E-state index in [-0.39, 0.29) is 42.3 Å². The van der Waals surface area contributed by atoms with E-state index in [1.165, 1.54) is 16.6 Å². The third-order valence-corrected chi connectivity index (χ3v) is 10.7. The van der Waals surface area contributed by atoms with Crippen LogP contribution in [0.1, 0.15) is 60.4 Å². The molecule has 1 amide bonds. The van der Waals surface area contributed by atoms with Gasteiger partial charge in [-0.1, -0.05) is 30.3 Å². The fourth-order valence-corrected chi connectivity index (χ4v) is 7.72. The van der Waals surface area contributed by atoms with Gasteiger partial charge in [-0.05, 0) is 85.3 Å². The Labute approximate surface area is 280 Å². The SMILES string of the molecule is CC[C@@H]1CN(Cc2cc(C(CC(=O)Nc3cccnc3)c3cc(OC)c4c(nnn4CC)c3C)ccc2C)S(=O)(=O)c2cccnc2O1. The number of methoxy groups -OCH3 is 1. The van der Waals surface area contributed by atoms with Gasteiger partial charge in [0.05, 0.1) is 25.5 Å². The number of carbonyl (C=O) groups is 1. The first-order chi connectivity index (χ1) is 23.1. The molecular formula is C35H39N7O5S. The zero-order valence-electron chi connectivity index (χ0n) is 27.7. The van der Waals surface area contributed by atoms with Crippen LogP contribution in [0, 0.1) is 13.8 Å². The van der Waals surface area contributed by atoms with Gasteiger partial charge in [0.15, 0.2) is 0 Å². The molecule has 1 N–H and O–H groups in total. The van der Waals surface area contributed by atoms with Gasteiger partial charge >= 0.3 is 0 Å². The second kappa shape index (κ2) is 13.7. The van der Waals surface area contributed by atoms with Gasteiger partial charge in [0.1, 0.15) is 27.8 Å². The molecule has 13 heteroatoms. The molecule has 2 aromatic carbocycles. The van der Waals surface area contributed by atoms with Crippen molar-refractivity contribution in [3.05, 3.63) is 94.9 Å². The second-order valence-electron chi connectivity index (χ2n) is 11.9. The predicted octanol–water partition coefficient (Wildman–Crippen LogP) is 5.39. The van der Waals surface area contributed by atoms with E-state index in [0.717, 1.165) is 33.3 Å². The molecule has 250 valence electrons. The van der Waals surface area contributed by atoms with E-state index in [2.05, 4.69) is 25.6 Å². The Morgan fingerprint density at radius 1 is 1.12 bits per heavy atom. The molecule has 12 nitrogen and oxygen atoms in total. The highest BCUT2D eigenvalue weighted by molar-refractivity contribution is 7.89. The summed E-state index contributed by atoms with van der Waals surface area (Å²) in [6.07, 6.45) is 5.13. The molecule has 6 rings (SSSR count). The number of nitrogens with one attached hydrogen (secondary N) is 1. The lowest BCUT2D eigenvalue weighted by atomic mass is 9.83. The fraction of sp³-hybridized carbons (Fsp3) is 0.343. The maximum atomic E-state index is 13.9. The van der Waals surface area contributed by atoms with Crippen LogP contribution >= 0.6 is 0 Å². The molecule has 5 aromatic rings. The number of fused-ring (bicyclic) bond motifs is 2. The molecule has 0 saturated heterocycles. The maximum absolute atomic E-state index is 13.9. The molecule has 0 fully saturated rings. The van der Waals surface area contributed by atoms with Crippen molar-refractivity contribution in [2.24, 2.45) is 0 Å². The summed E-state index contributed by atoms with van der Waals surface area (Å²) in [5.74, 6) is 0.101. The number of ether oxygens (including phenoxy) is 2. The average molecular weight is 670 g/mol. The van der Waals surface area contributed by atoms with Crippen LogP contribution < -0.4 is 14.8 Å². The van der Waals surface area contributed by atoms with Crippen molar-refractivity contribution >= 4 is 32.7 Å². The van der Waals surface area contributed by atoms with Gasteiger partial charge in [-0.2, -0.15) is 4.31 Å². The highest BCUT2D eigenvalue weighted by Crippen LogP contribution is 2.39. The van der Waals surface area contributed by atoms with Gasteiger partial charge in [-0.15, -0.1) is 5.10 Å². The highest BCUT2D eigenvalue weighted by Gasteiger charge is 2.35. The zero-order valence-corrected chi connectivity index (χ0v) is 28.5. The van der Waals surface area contributed by atoms with Crippen LogP contribution in [0.3, 0.4) is 0 Å². The van der Waals surface area contributed by atoms with Crippen molar-refractivity contribution in [1.82, 2.24) is 29.3 Å². The van der Waals surface area contributed by atoms with E-state index in [0.29, 0.717) is 29.9 Å². The highest BCUT2D eigenvalue weighted by atomic mass is 32.2. The molecule has 0 aliphatic carbocycles. The summed E-state index contributed by atoms with van der Waals surface area (Å²) in [5, 5.41) is 11.8. The number of carbonyl (C=O) groups excluding carboxylic acids is 1. The number of hydrogen-bond donors (Lipinski definition) is 1. The number of rotatable bonds is 10. The minimum Gasteiger partial charge on any atom is -0.494 e. The smallest absolute Gasteiger partial charge is 0.248 e. The first kappa shape index (κ1) is 33.0. The Balaban J connectivity index is 1.43. The lowest BCUT2D eigenvalue weighted by Gasteiger charge is -2.25. The summed E-state index contributed by atoms with van der Waals surface area (Å²) in [4.78, 5) is 22.0. The van der Waals surface area contributed by atoms with E-state index >= 15 is 0 Å². The first-order valence-corrected chi connectivity index (χ1v) is 17.4. The van der Waals surface area contributed by atoms with E-state index in [4.69, 9.17) is 9.47 Å². The number of aromatic nitrogens is 5. The number of anilines is 1. The quantitative estimate of drug-likeness (QED) is 0.207. The van der Waals surface area contributed by atoms with Crippen LogP contribution in [0.4, 0.5) is 5.69 Å². The largest absolute Gasteiger partial charge is 0.494 e. The van der Waals surface area contributed by atoms with E-state index < -0.39 is 15.9 Å². The molecule has 0 bridgehead atoms. The minimum atomic E-state index is -3.91. The molecule has 1 aliphatic heterocycles. The van der Waals surface area contributed by atoms with Crippen molar-refractivity contribution in [1.29, 1.82) is 0 Å². The standard InChI is InChI=1S/C35H39N7O5S/c1-6-27-21-41(48(44,45)31-11-9-15-37-35(31)47-27)20-25-16-24(13-12-22(25)3)29(18-32(43)38-26-10-8-14-36-19-26)28-17-30(46-5)34-33(23(28)4)39-40-42(34)7-2/h8-17,19,27,29H,6-7,18,20-21H2,1-5H3,(H,38,43)/t27-,29?/m1/s1. The van der Waals surface area contributed by atoms with Gasteiger partial charge in [0, 0.05) is 37.8 Å². The summed E-state index contributed by atoms with van der Waals surface area (Å²) >= 11 is 0. The molecule has 1 unspecified atom stereocenters. The summed E-state index contributed by atoms with van der Waals surface area (Å²) in [7, 11) is -2.31. The number of sulfonamides is 1. The van der Waals surface area contributed by atoms with E-state index in [1.54, 1.807) is 42.4 Å². The number of aryl methyl sites for hydroxylation is 3. The number of hydrogen-bond acceptors (Lipinski definition) is 9. The lowest BCUT2D eigenvalue weighted by molar-refractivity contribution is -0.116. The van der Waals surface area contributed by atoms with Crippen LogP contribution in [0.15, 0.2) is 72.0 Å². The normalized spacial score (nSPS) is 16.5. The Morgan fingerprint density at radius 2 is 1.94 bits per heavy atom. The van der Waals surface area contributed by atoms with Crippen LogP contribution in [0.2, 0.25) is 0 Å². The Morgan fingerprint density at radius 3 is 2.67 bits per heavy atom. The molecule has 48 heavy (non-hydrogen) atoms. The summed E-state index contributed by atoms with van der Waals surface area (Å²) in [6.45, 7) is 8.81. The first-order valence-electron chi connectivity index (χ1n) is 16.0.